The number of rotatable bonds is 11. The van der Waals surface area contributed by atoms with Crippen LogP contribution in [0.3, 0.4) is 0 Å². The molecule has 0 aliphatic carbocycles. The highest BCUT2D eigenvalue weighted by atomic mass is 35.5. The first kappa shape index (κ1) is 30.0. The van der Waals surface area contributed by atoms with Gasteiger partial charge in [0.1, 0.15) is 11.6 Å². The molecule has 2 aromatic rings. The smallest absolute Gasteiger partial charge is 0.253 e. The third kappa shape index (κ3) is 4.66. The summed E-state index contributed by atoms with van der Waals surface area (Å²) in [5.74, 6) is -2.76. The van der Waals surface area contributed by atoms with E-state index >= 15 is 0 Å². The number of β-amino-alcohol motifs (C(OH)–C–C–N with tert-alkyl or cyclic N) is 1. The number of hydrogen-bond acceptors (Lipinski definition) is 5. The maximum atomic E-state index is 14.6. The van der Waals surface area contributed by atoms with Gasteiger partial charge in [0.2, 0.25) is 11.8 Å². The van der Waals surface area contributed by atoms with Gasteiger partial charge in [-0.1, -0.05) is 73.1 Å². The second kappa shape index (κ2) is 11.7. The summed E-state index contributed by atoms with van der Waals surface area (Å²) in [6.07, 6.45) is 3.70. The van der Waals surface area contributed by atoms with Crippen LogP contribution in [0.4, 0.5) is 5.69 Å². The van der Waals surface area contributed by atoms with Crippen molar-refractivity contribution < 1.29 is 24.2 Å². The van der Waals surface area contributed by atoms with Crippen LogP contribution in [0, 0.1) is 17.8 Å². The van der Waals surface area contributed by atoms with Gasteiger partial charge in [-0.25, -0.2) is 0 Å². The van der Waals surface area contributed by atoms with Gasteiger partial charge in [-0.05, 0) is 37.0 Å². The molecule has 3 saturated heterocycles. The second-order valence-corrected chi connectivity index (χ2v) is 12.0. The Morgan fingerprint density at radius 2 is 1.76 bits per heavy atom. The van der Waals surface area contributed by atoms with Gasteiger partial charge in [0.05, 0.1) is 34.8 Å². The lowest BCUT2D eigenvalue weighted by atomic mass is 9.62. The molecule has 3 aliphatic heterocycles. The topological polar surface area (TPSA) is 90.4 Å². The van der Waals surface area contributed by atoms with Crippen molar-refractivity contribution in [3.63, 3.8) is 0 Å². The third-order valence-electron chi connectivity index (χ3n) is 9.25. The minimum absolute atomic E-state index is 0.0618. The highest BCUT2D eigenvalue weighted by Gasteiger charge is 2.80. The maximum absolute atomic E-state index is 14.6. The minimum atomic E-state index is -1.24. The van der Waals surface area contributed by atoms with Gasteiger partial charge in [-0.15, -0.1) is 13.2 Å². The number of anilines is 1. The monoisotopic (exact) mass is 591 g/mol. The fraction of sp³-hybridized carbons (Fsp3) is 0.424. The van der Waals surface area contributed by atoms with Crippen molar-refractivity contribution in [1.29, 1.82) is 0 Å². The number of amides is 3. The van der Waals surface area contributed by atoms with Crippen LogP contribution in [-0.2, 0) is 25.7 Å². The van der Waals surface area contributed by atoms with Crippen molar-refractivity contribution >= 4 is 35.0 Å². The number of halogens is 1. The van der Waals surface area contributed by atoms with Crippen molar-refractivity contribution in [1.82, 2.24) is 9.80 Å². The first-order chi connectivity index (χ1) is 20.1. The van der Waals surface area contributed by atoms with Gasteiger partial charge in [0.15, 0.2) is 0 Å². The molecule has 0 radical (unpaired) electrons. The molecule has 1 N–H and O–H groups in total. The fourth-order valence-corrected chi connectivity index (χ4v) is 7.62. The van der Waals surface area contributed by atoms with Gasteiger partial charge in [-0.3, -0.25) is 14.4 Å². The maximum Gasteiger partial charge on any atom is 0.253 e. The second-order valence-electron chi connectivity index (χ2n) is 11.6. The Morgan fingerprint density at radius 1 is 1.10 bits per heavy atom. The molecule has 3 amide bonds. The normalized spacial score (nSPS) is 29.3. The number of aliphatic hydroxyl groups excluding tert-OH is 1. The summed E-state index contributed by atoms with van der Waals surface area (Å²) < 4.78 is 6.85. The summed E-state index contributed by atoms with van der Waals surface area (Å²) in [5.41, 5.74) is -0.771. The number of carbonyl (C=O) groups is 3. The van der Waals surface area contributed by atoms with Crippen LogP contribution in [0.2, 0.25) is 5.02 Å². The van der Waals surface area contributed by atoms with Crippen molar-refractivity contribution in [3.8, 4) is 0 Å². The number of nitrogens with zero attached hydrogens (tertiary/aromatic N) is 3. The number of hydrogen-bond donors (Lipinski definition) is 1. The van der Waals surface area contributed by atoms with E-state index in [1.54, 1.807) is 41.3 Å². The zero-order valence-electron chi connectivity index (χ0n) is 24.1. The summed E-state index contributed by atoms with van der Waals surface area (Å²) in [4.78, 5) is 47.9. The third-order valence-corrected chi connectivity index (χ3v) is 9.57. The number of benzene rings is 2. The average molecular weight is 592 g/mol. The molecule has 222 valence electrons. The molecule has 2 bridgehead atoms. The summed E-state index contributed by atoms with van der Waals surface area (Å²) in [6, 6.07) is 15.6. The van der Waals surface area contributed by atoms with Gasteiger partial charge in [0, 0.05) is 26.2 Å². The van der Waals surface area contributed by atoms with E-state index in [9.17, 15) is 19.5 Å². The molecule has 3 heterocycles. The predicted molar refractivity (Wildman–Crippen MR) is 162 cm³/mol. The first-order valence-electron chi connectivity index (χ1n) is 14.4. The Hall–Kier alpha value is -3.46. The molecule has 42 heavy (non-hydrogen) atoms. The zero-order chi connectivity index (χ0) is 30.2. The molecule has 3 unspecified atom stereocenters. The molecular weight excluding hydrogens is 554 g/mol. The Labute approximate surface area is 252 Å². The van der Waals surface area contributed by atoms with Crippen LogP contribution >= 0.6 is 11.6 Å². The predicted octanol–water partition coefficient (Wildman–Crippen LogP) is 4.08. The van der Waals surface area contributed by atoms with E-state index < -0.39 is 29.1 Å². The molecule has 5 rings (SSSR count). The van der Waals surface area contributed by atoms with E-state index in [1.807, 2.05) is 44.2 Å². The van der Waals surface area contributed by atoms with E-state index in [4.69, 9.17) is 16.3 Å². The summed E-state index contributed by atoms with van der Waals surface area (Å²) in [5, 5.41) is 10.4. The number of fused-ring (bicyclic) bond motifs is 1. The molecule has 8 nitrogen and oxygen atoms in total. The summed E-state index contributed by atoms with van der Waals surface area (Å²) in [7, 11) is 0. The average Bonchev–Trinajstić information content (AvgIpc) is 3.48. The van der Waals surface area contributed by atoms with Crippen LogP contribution in [0.15, 0.2) is 79.9 Å². The van der Waals surface area contributed by atoms with Crippen molar-refractivity contribution in [3.05, 3.63) is 90.5 Å². The molecule has 2 aromatic carbocycles. The van der Waals surface area contributed by atoms with Gasteiger partial charge in [-0.2, -0.15) is 0 Å². The highest BCUT2D eigenvalue weighted by Crippen LogP contribution is 2.65. The van der Waals surface area contributed by atoms with E-state index in [2.05, 4.69) is 13.2 Å². The SMILES string of the molecule is C=CCN(Cc1ccccc1)C(=O)[C@H]1[C@H]2C(=O)N(CCO)C(C(=O)N(CC=C)c3ccccc3Cl)C23CC(C)[C@]1(C)O3. The lowest BCUT2D eigenvalue weighted by Gasteiger charge is -2.39. The number of carbonyl (C=O) groups excluding carboxylic acids is 3. The fourth-order valence-electron chi connectivity index (χ4n) is 7.39. The standard InChI is InChI=1S/C33H38ClN3O5/c1-5-16-35(21-23-12-8-7-9-13-23)29(39)26-27-30(40)37(18-19-38)28(33(27)20-22(3)32(26,4)42-33)31(41)36(17-6-2)25-15-11-10-14-24(25)34/h5-15,22,26-28,38H,1-2,16-21H2,3-4H3/t22?,26-,27+,28?,32+,33?/m1/s1. The quantitative estimate of drug-likeness (QED) is 0.398. The van der Waals surface area contributed by atoms with Crippen LogP contribution in [0.1, 0.15) is 25.8 Å². The molecule has 9 heteroatoms. The molecule has 0 aromatic heterocycles. The van der Waals surface area contributed by atoms with Crippen LogP contribution < -0.4 is 4.90 Å². The Kier molecular flexibility index (Phi) is 8.34. The van der Waals surface area contributed by atoms with Gasteiger partial charge >= 0.3 is 0 Å². The Balaban J connectivity index is 1.58. The largest absolute Gasteiger partial charge is 0.395 e. The lowest BCUT2D eigenvalue weighted by molar-refractivity contribution is -0.152. The van der Waals surface area contributed by atoms with Crippen LogP contribution in [0.5, 0.6) is 0 Å². The molecule has 3 aliphatic rings. The Morgan fingerprint density at radius 3 is 2.40 bits per heavy atom. The van der Waals surface area contributed by atoms with E-state index in [0.717, 1.165) is 5.56 Å². The molecular formula is C33H38ClN3O5. The van der Waals surface area contributed by atoms with Crippen molar-refractivity contribution in [2.24, 2.45) is 17.8 Å². The van der Waals surface area contributed by atoms with Crippen LogP contribution in [0.25, 0.3) is 0 Å². The van der Waals surface area contributed by atoms with Crippen LogP contribution in [-0.4, -0.2) is 76.1 Å². The summed E-state index contributed by atoms with van der Waals surface area (Å²) >= 11 is 6.52. The number of aliphatic hydroxyl groups is 1. The van der Waals surface area contributed by atoms with Gasteiger partial charge < -0.3 is 24.5 Å². The molecule has 1 spiro atoms. The van der Waals surface area contributed by atoms with E-state index in [-0.39, 0.29) is 43.3 Å². The highest BCUT2D eigenvalue weighted by molar-refractivity contribution is 6.34. The Bertz CT molecular complexity index is 1380. The molecule has 6 atom stereocenters. The lowest BCUT2D eigenvalue weighted by Crippen LogP contribution is -2.57. The van der Waals surface area contributed by atoms with Gasteiger partial charge in [0.25, 0.3) is 5.91 Å². The number of likely N-dealkylation sites (tertiary alicyclic amines) is 1. The zero-order valence-corrected chi connectivity index (χ0v) is 24.9. The first-order valence-corrected chi connectivity index (χ1v) is 14.7. The molecule has 3 fully saturated rings. The summed E-state index contributed by atoms with van der Waals surface area (Å²) in [6.45, 7) is 12.0. The minimum Gasteiger partial charge on any atom is -0.395 e. The van der Waals surface area contributed by atoms with E-state index in [0.29, 0.717) is 30.2 Å². The van der Waals surface area contributed by atoms with Crippen molar-refractivity contribution in [2.45, 2.75) is 44.1 Å². The molecule has 0 saturated carbocycles. The van der Waals surface area contributed by atoms with E-state index in [1.165, 1.54) is 9.80 Å². The number of ether oxygens (including phenoxy) is 1. The number of para-hydroxylation sites is 1. The van der Waals surface area contributed by atoms with Crippen molar-refractivity contribution in [2.75, 3.05) is 31.1 Å².